The number of aryl methyl sites for hydroxylation is 2. The van der Waals surface area contributed by atoms with E-state index in [1.807, 2.05) is 6.20 Å². The van der Waals surface area contributed by atoms with Gasteiger partial charge in [-0.15, -0.1) is 0 Å². The maximum absolute atomic E-state index is 13.3. The first-order valence-corrected chi connectivity index (χ1v) is 28.3. The van der Waals surface area contributed by atoms with Gasteiger partial charge in [0.2, 0.25) is 0 Å². The molecule has 0 bridgehead atoms. The van der Waals surface area contributed by atoms with Crippen LogP contribution < -0.4 is 4.74 Å². The topological polar surface area (TPSA) is 104 Å². The largest absolute Gasteiger partial charge is 0.462 e. The van der Waals surface area contributed by atoms with Crippen LogP contribution in [0.25, 0.3) is 34.2 Å². The molecule has 0 spiro atoms. The average molecular weight is 945 g/mol. The van der Waals surface area contributed by atoms with E-state index in [0.717, 1.165) is 30.7 Å². The summed E-state index contributed by atoms with van der Waals surface area (Å²) in [5, 5.41) is 0. The summed E-state index contributed by atoms with van der Waals surface area (Å²) in [4.78, 5) is 45.1. The normalized spacial score (nSPS) is 11.3. The van der Waals surface area contributed by atoms with Crippen LogP contribution in [-0.2, 0) is 22.4 Å². The molecule has 0 N–H and O–H groups in total. The Labute approximate surface area is 419 Å². The Morgan fingerprint density at radius 1 is 0.406 bits per heavy atom. The van der Waals surface area contributed by atoms with Gasteiger partial charge in [-0.05, 0) is 86.2 Å². The van der Waals surface area contributed by atoms with Gasteiger partial charge in [0, 0.05) is 24.9 Å². The Morgan fingerprint density at radius 3 is 1.22 bits per heavy atom. The Bertz CT molecular complexity index is 2000. The molecule has 0 amide bonds. The second-order valence-corrected chi connectivity index (χ2v) is 19.6. The van der Waals surface area contributed by atoms with Crippen LogP contribution >= 0.6 is 0 Å². The highest BCUT2D eigenvalue weighted by Gasteiger charge is 2.18. The number of pyridine rings is 4. The molecule has 0 saturated heterocycles. The van der Waals surface area contributed by atoms with Crippen molar-refractivity contribution < 1.29 is 19.1 Å². The van der Waals surface area contributed by atoms with Crippen molar-refractivity contribution in [2.45, 2.75) is 246 Å². The van der Waals surface area contributed by atoms with Crippen molar-refractivity contribution in [3.63, 3.8) is 0 Å². The number of carbonyl (C=O) groups is 2. The molecule has 4 aromatic heterocycles. The summed E-state index contributed by atoms with van der Waals surface area (Å²) in [6, 6.07) is 15.4. The summed E-state index contributed by atoms with van der Waals surface area (Å²) in [5.41, 5.74) is 6.58. The number of carbonyl (C=O) groups excluding carboxylic acids is 2. The Hall–Kier alpha value is -4.46. The molecule has 8 heteroatoms. The minimum atomic E-state index is -0.450. The minimum absolute atomic E-state index is 0.241. The average Bonchev–Trinajstić information content (AvgIpc) is 3.37. The fourth-order valence-electron chi connectivity index (χ4n) is 9.29. The molecular weight excluding hydrogens is 853 g/mol. The fraction of sp³-hybridized carbons (Fsp3) is 0.639. The zero-order valence-corrected chi connectivity index (χ0v) is 43.9. The van der Waals surface area contributed by atoms with Gasteiger partial charge in [0.15, 0.2) is 0 Å². The van der Waals surface area contributed by atoms with Crippen molar-refractivity contribution in [2.24, 2.45) is 0 Å². The molecule has 8 nitrogen and oxygen atoms in total. The maximum atomic E-state index is 13.3. The summed E-state index contributed by atoms with van der Waals surface area (Å²) in [6.07, 6.45) is 47.5. The summed E-state index contributed by atoms with van der Waals surface area (Å²) < 4.78 is 11.0. The summed E-state index contributed by atoms with van der Waals surface area (Å²) in [7, 11) is 0. The zero-order valence-electron chi connectivity index (χ0n) is 43.9. The van der Waals surface area contributed by atoms with Gasteiger partial charge in [-0.25, -0.2) is 14.8 Å². The highest BCUT2D eigenvalue weighted by Crippen LogP contribution is 2.30. The summed E-state index contributed by atoms with van der Waals surface area (Å²) in [6.45, 7) is 8.37. The van der Waals surface area contributed by atoms with Crippen molar-refractivity contribution in [1.29, 1.82) is 0 Å². The molecule has 4 rings (SSSR count). The first kappa shape index (κ1) is 57.1. The number of unbranched alkanes of at least 4 members (excludes halogenated alkanes) is 29. The highest BCUT2D eigenvalue weighted by atomic mass is 16.5. The van der Waals surface area contributed by atoms with Gasteiger partial charge in [0.1, 0.15) is 5.75 Å². The zero-order chi connectivity index (χ0) is 49.0. The first-order chi connectivity index (χ1) is 33.9. The van der Waals surface area contributed by atoms with Gasteiger partial charge in [-0.1, -0.05) is 207 Å². The quantitative estimate of drug-likeness (QED) is 0.0321. The van der Waals surface area contributed by atoms with Crippen molar-refractivity contribution in [1.82, 2.24) is 19.9 Å². The fourth-order valence-corrected chi connectivity index (χ4v) is 9.29. The summed E-state index contributed by atoms with van der Waals surface area (Å²) >= 11 is 0. The molecule has 0 aromatic carbocycles. The number of hydrogen-bond acceptors (Lipinski definition) is 8. The van der Waals surface area contributed by atoms with Crippen LogP contribution in [0.3, 0.4) is 0 Å². The molecule has 380 valence electrons. The Morgan fingerprint density at radius 2 is 0.768 bits per heavy atom. The van der Waals surface area contributed by atoms with Gasteiger partial charge in [0.05, 0.1) is 46.3 Å². The predicted octanol–water partition coefficient (Wildman–Crippen LogP) is 18.0. The molecule has 0 unspecified atom stereocenters. The second-order valence-electron chi connectivity index (χ2n) is 19.6. The number of ether oxygens (including phenoxy) is 2. The number of esters is 2. The molecule has 0 aliphatic rings. The lowest BCUT2D eigenvalue weighted by Gasteiger charge is -2.13. The molecule has 69 heavy (non-hydrogen) atoms. The van der Waals surface area contributed by atoms with Gasteiger partial charge in [-0.2, -0.15) is 0 Å². The highest BCUT2D eigenvalue weighted by molar-refractivity contribution is 5.92. The van der Waals surface area contributed by atoms with Crippen molar-refractivity contribution in [3.8, 4) is 39.9 Å². The second kappa shape index (κ2) is 36.5. The van der Waals surface area contributed by atoms with Crippen LogP contribution in [0.1, 0.15) is 255 Å². The SMILES string of the molecule is CCCCCCCCCCCCCCCCCCCc1ccnc(-c2cc(CCCCCCCCCCCCCCCC)cc(-c3cc(C(=O)OCC)cc(-c4cc(OC(=O)CC)ccn4)n3)n2)c1. The lowest BCUT2D eigenvalue weighted by atomic mass is 10.0. The van der Waals surface area contributed by atoms with Crippen LogP contribution in [0.15, 0.2) is 60.9 Å². The van der Waals surface area contributed by atoms with E-state index >= 15 is 0 Å². The number of rotatable bonds is 40. The van der Waals surface area contributed by atoms with E-state index in [9.17, 15) is 9.59 Å². The molecule has 0 fully saturated rings. The standard InChI is InChI=1S/C61H92N4O4/c1-5-9-11-13-15-17-19-21-23-24-25-27-28-30-32-34-36-38-50-40-42-62-54(44-50)56-45-51(39-37-35-33-31-29-26-22-20-18-16-14-12-10-6-2)46-57(64-56)59-48-52(61(67)68-8-4)47-58(65-59)55-49-53(41-43-63-55)69-60(66)7-3/h40-49H,5-39H2,1-4H3. The van der Waals surface area contributed by atoms with Crippen LogP contribution in [-0.4, -0.2) is 38.5 Å². The molecule has 0 atom stereocenters. The van der Waals surface area contributed by atoms with Crippen LogP contribution in [0.4, 0.5) is 0 Å². The Balaban J connectivity index is 1.39. The molecule has 4 aromatic rings. The van der Waals surface area contributed by atoms with Gasteiger partial charge in [0.25, 0.3) is 0 Å². The number of hydrogen-bond donors (Lipinski definition) is 0. The van der Waals surface area contributed by atoms with E-state index < -0.39 is 5.97 Å². The predicted molar refractivity (Wildman–Crippen MR) is 288 cm³/mol. The van der Waals surface area contributed by atoms with E-state index in [1.54, 1.807) is 44.3 Å². The van der Waals surface area contributed by atoms with Crippen molar-refractivity contribution in [3.05, 3.63) is 77.6 Å². The molecule has 0 radical (unpaired) electrons. The van der Waals surface area contributed by atoms with E-state index in [2.05, 4.69) is 43.1 Å². The third kappa shape index (κ3) is 24.3. The van der Waals surface area contributed by atoms with E-state index in [4.69, 9.17) is 24.4 Å². The van der Waals surface area contributed by atoms with Crippen molar-refractivity contribution >= 4 is 11.9 Å². The Kier molecular flexibility index (Phi) is 30.2. The molecule has 0 aliphatic carbocycles. The van der Waals surface area contributed by atoms with Crippen molar-refractivity contribution in [2.75, 3.05) is 6.61 Å². The first-order valence-electron chi connectivity index (χ1n) is 28.3. The number of nitrogens with zero attached hydrogens (tertiary/aromatic N) is 4. The van der Waals surface area contributed by atoms with Crippen LogP contribution in [0, 0.1) is 0 Å². The number of aromatic nitrogens is 4. The third-order valence-corrected chi connectivity index (χ3v) is 13.5. The maximum Gasteiger partial charge on any atom is 0.338 e. The van der Waals surface area contributed by atoms with E-state index in [0.29, 0.717) is 34.1 Å². The third-order valence-electron chi connectivity index (χ3n) is 13.5. The molecule has 0 saturated carbocycles. The van der Waals surface area contributed by atoms with Crippen LogP contribution in [0.5, 0.6) is 5.75 Å². The van der Waals surface area contributed by atoms with Gasteiger partial charge >= 0.3 is 11.9 Å². The van der Waals surface area contributed by atoms with Gasteiger partial charge in [-0.3, -0.25) is 14.8 Å². The smallest absolute Gasteiger partial charge is 0.338 e. The minimum Gasteiger partial charge on any atom is -0.462 e. The van der Waals surface area contributed by atoms with E-state index in [1.165, 1.54) is 204 Å². The van der Waals surface area contributed by atoms with Crippen LogP contribution in [0.2, 0.25) is 0 Å². The molecule has 4 heterocycles. The van der Waals surface area contributed by atoms with E-state index in [-0.39, 0.29) is 19.0 Å². The lowest BCUT2D eigenvalue weighted by Crippen LogP contribution is -2.07. The monoisotopic (exact) mass is 945 g/mol. The summed E-state index contributed by atoms with van der Waals surface area (Å²) in [5.74, 6) is -0.423. The molecule has 0 aliphatic heterocycles. The van der Waals surface area contributed by atoms with Gasteiger partial charge < -0.3 is 9.47 Å². The molecular formula is C61H92N4O4. The lowest BCUT2D eigenvalue weighted by molar-refractivity contribution is -0.134.